The first kappa shape index (κ1) is 18.1. The Morgan fingerprint density at radius 2 is 1.82 bits per heavy atom. The van der Waals surface area contributed by atoms with E-state index in [1.807, 2.05) is 31.2 Å². The topological polar surface area (TPSA) is 73.9 Å². The van der Waals surface area contributed by atoms with Crippen LogP contribution in [0.5, 0.6) is 0 Å². The predicted octanol–water partition coefficient (Wildman–Crippen LogP) is 0.858. The first-order chi connectivity index (χ1) is 10.6. The van der Waals surface area contributed by atoms with Crippen molar-refractivity contribution in [3.63, 3.8) is 0 Å². The fourth-order valence-electron chi connectivity index (χ4n) is 1.84. The molecule has 0 spiro atoms. The van der Waals surface area contributed by atoms with E-state index in [0.717, 1.165) is 11.1 Å². The van der Waals surface area contributed by atoms with Crippen molar-refractivity contribution in [1.82, 2.24) is 5.32 Å². The Labute approximate surface area is 130 Å². The standard InChI is InChI=1S/C16H23NO5/c1-12-4-6-13(7-5-12)10-14(16(19)21-3)17-15(18)11-22-9-8-20-2/h4-7,14H,8-11H2,1-3H3,(H,17,18)/t14-/m0/s1. The van der Waals surface area contributed by atoms with Gasteiger partial charge in [-0.1, -0.05) is 29.8 Å². The summed E-state index contributed by atoms with van der Waals surface area (Å²) < 4.78 is 14.7. The lowest BCUT2D eigenvalue weighted by Gasteiger charge is -2.16. The van der Waals surface area contributed by atoms with Crippen molar-refractivity contribution in [3.05, 3.63) is 35.4 Å². The largest absolute Gasteiger partial charge is 0.467 e. The van der Waals surface area contributed by atoms with Crippen molar-refractivity contribution < 1.29 is 23.8 Å². The van der Waals surface area contributed by atoms with Crippen molar-refractivity contribution in [1.29, 1.82) is 0 Å². The summed E-state index contributed by atoms with van der Waals surface area (Å²) in [6.45, 7) is 2.60. The van der Waals surface area contributed by atoms with Crippen LogP contribution < -0.4 is 5.32 Å². The molecular weight excluding hydrogens is 286 g/mol. The first-order valence-electron chi connectivity index (χ1n) is 7.06. The molecule has 0 unspecified atom stereocenters. The van der Waals surface area contributed by atoms with Crippen molar-refractivity contribution in [2.75, 3.05) is 34.0 Å². The molecule has 22 heavy (non-hydrogen) atoms. The van der Waals surface area contributed by atoms with E-state index in [0.29, 0.717) is 19.6 Å². The van der Waals surface area contributed by atoms with E-state index in [-0.39, 0.29) is 12.5 Å². The molecule has 0 aliphatic carbocycles. The van der Waals surface area contributed by atoms with Gasteiger partial charge in [-0.05, 0) is 12.5 Å². The molecule has 0 radical (unpaired) electrons. The second-order valence-electron chi connectivity index (χ2n) is 4.88. The highest BCUT2D eigenvalue weighted by Crippen LogP contribution is 2.07. The van der Waals surface area contributed by atoms with Crippen LogP contribution in [0.2, 0.25) is 0 Å². The molecule has 1 aromatic carbocycles. The Hall–Kier alpha value is -1.92. The molecule has 1 aromatic rings. The minimum absolute atomic E-state index is 0.120. The average Bonchev–Trinajstić information content (AvgIpc) is 2.52. The van der Waals surface area contributed by atoms with Crippen LogP contribution in [0.1, 0.15) is 11.1 Å². The summed E-state index contributed by atoms with van der Waals surface area (Å²) in [6.07, 6.45) is 0.372. The molecule has 1 atom stereocenters. The van der Waals surface area contributed by atoms with Gasteiger partial charge in [0, 0.05) is 13.5 Å². The summed E-state index contributed by atoms with van der Waals surface area (Å²) in [5.41, 5.74) is 2.08. The molecule has 0 aromatic heterocycles. The number of nitrogens with one attached hydrogen (secondary N) is 1. The highest BCUT2D eigenvalue weighted by Gasteiger charge is 2.21. The van der Waals surface area contributed by atoms with Gasteiger partial charge in [-0.15, -0.1) is 0 Å². The van der Waals surface area contributed by atoms with Gasteiger partial charge in [0.1, 0.15) is 12.6 Å². The third-order valence-corrected chi connectivity index (χ3v) is 3.05. The van der Waals surface area contributed by atoms with Gasteiger partial charge in [-0.25, -0.2) is 4.79 Å². The smallest absolute Gasteiger partial charge is 0.328 e. The number of carbonyl (C=O) groups is 2. The average molecular weight is 309 g/mol. The summed E-state index contributed by atoms with van der Waals surface area (Å²) in [7, 11) is 2.85. The third kappa shape index (κ3) is 6.69. The van der Waals surface area contributed by atoms with Crippen LogP contribution >= 0.6 is 0 Å². The number of hydrogen-bond acceptors (Lipinski definition) is 5. The third-order valence-electron chi connectivity index (χ3n) is 3.05. The molecule has 1 N–H and O–H groups in total. The van der Waals surface area contributed by atoms with Gasteiger partial charge in [0.15, 0.2) is 0 Å². The van der Waals surface area contributed by atoms with E-state index in [4.69, 9.17) is 14.2 Å². The minimum Gasteiger partial charge on any atom is -0.467 e. The summed E-state index contributed by atoms with van der Waals surface area (Å²) in [6, 6.07) is 7.03. The molecule has 0 saturated heterocycles. The van der Waals surface area contributed by atoms with E-state index in [1.54, 1.807) is 7.11 Å². The zero-order chi connectivity index (χ0) is 16.4. The number of ether oxygens (including phenoxy) is 3. The van der Waals surface area contributed by atoms with Crippen molar-refractivity contribution in [2.45, 2.75) is 19.4 Å². The number of carbonyl (C=O) groups excluding carboxylic acids is 2. The molecule has 0 fully saturated rings. The first-order valence-corrected chi connectivity index (χ1v) is 7.06. The Morgan fingerprint density at radius 3 is 2.41 bits per heavy atom. The van der Waals surface area contributed by atoms with Crippen molar-refractivity contribution in [3.8, 4) is 0 Å². The van der Waals surface area contributed by atoms with Crippen molar-refractivity contribution in [2.24, 2.45) is 0 Å². The molecular formula is C16H23NO5. The second-order valence-corrected chi connectivity index (χ2v) is 4.88. The van der Waals surface area contributed by atoms with Gasteiger partial charge >= 0.3 is 5.97 Å². The maximum absolute atomic E-state index is 11.8. The number of aryl methyl sites for hydroxylation is 1. The van der Waals surface area contributed by atoms with Crippen LogP contribution in [0, 0.1) is 6.92 Å². The van der Waals surface area contributed by atoms with Gasteiger partial charge in [-0.3, -0.25) is 4.79 Å². The zero-order valence-corrected chi connectivity index (χ0v) is 13.3. The normalized spacial score (nSPS) is 11.8. The van der Waals surface area contributed by atoms with Crippen LogP contribution in [0.25, 0.3) is 0 Å². The molecule has 0 aliphatic rings. The number of methoxy groups -OCH3 is 2. The molecule has 0 aliphatic heterocycles. The van der Waals surface area contributed by atoms with Gasteiger partial charge in [0.05, 0.1) is 20.3 Å². The predicted molar refractivity (Wildman–Crippen MR) is 81.5 cm³/mol. The SMILES string of the molecule is COCCOCC(=O)N[C@@H](Cc1ccc(C)cc1)C(=O)OC. The fraction of sp³-hybridized carbons (Fsp3) is 0.500. The fourth-order valence-corrected chi connectivity index (χ4v) is 1.84. The Bertz CT molecular complexity index is 472. The van der Waals surface area contributed by atoms with E-state index in [1.165, 1.54) is 7.11 Å². The lowest BCUT2D eigenvalue weighted by molar-refractivity contribution is -0.145. The van der Waals surface area contributed by atoms with E-state index < -0.39 is 12.0 Å². The molecule has 0 saturated carbocycles. The number of benzene rings is 1. The Balaban J connectivity index is 2.55. The van der Waals surface area contributed by atoms with Gasteiger partial charge in [0.2, 0.25) is 5.91 Å². The molecule has 122 valence electrons. The van der Waals surface area contributed by atoms with Gasteiger partial charge in [-0.2, -0.15) is 0 Å². The van der Waals surface area contributed by atoms with Gasteiger partial charge in [0.25, 0.3) is 0 Å². The molecule has 0 bridgehead atoms. The number of rotatable bonds is 9. The maximum Gasteiger partial charge on any atom is 0.328 e. The van der Waals surface area contributed by atoms with Crippen molar-refractivity contribution >= 4 is 11.9 Å². The quantitative estimate of drug-likeness (QED) is 0.541. The van der Waals surface area contributed by atoms with Crippen LogP contribution in [0.3, 0.4) is 0 Å². The minimum atomic E-state index is -0.730. The zero-order valence-electron chi connectivity index (χ0n) is 13.3. The Morgan fingerprint density at radius 1 is 1.14 bits per heavy atom. The second kappa shape index (κ2) is 9.92. The van der Waals surface area contributed by atoms with Gasteiger partial charge < -0.3 is 19.5 Å². The number of hydrogen-bond donors (Lipinski definition) is 1. The number of amides is 1. The molecule has 6 nitrogen and oxygen atoms in total. The van der Waals surface area contributed by atoms with E-state index >= 15 is 0 Å². The highest BCUT2D eigenvalue weighted by molar-refractivity contribution is 5.85. The lowest BCUT2D eigenvalue weighted by Crippen LogP contribution is -2.44. The van der Waals surface area contributed by atoms with Crippen LogP contribution in [0.15, 0.2) is 24.3 Å². The van der Waals surface area contributed by atoms with Crippen LogP contribution in [0.4, 0.5) is 0 Å². The van der Waals surface area contributed by atoms with Crippen LogP contribution in [-0.4, -0.2) is 52.0 Å². The summed E-state index contributed by atoms with van der Waals surface area (Å²) >= 11 is 0. The molecule has 1 amide bonds. The molecule has 6 heteroatoms. The van der Waals surface area contributed by atoms with E-state index in [2.05, 4.69) is 5.32 Å². The van der Waals surface area contributed by atoms with E-state index in [9.17, 15) is 9.59 Å². The monoisotopic (exact) mass is 309 g/mol. The molecule has 1 rings (SSSR count). The molecule has 0 heterocycles. The lowest BCUT2D eigenvalue weighted by atomic mass is 10.0. The Kier molecular flexibility index (Phi) is 8.17. The summed E-state index contributed by atoms with van der Waals surface area (Å²) in [5, 5.41) is 2.63. The van der Waals surface area contributed by atoms with Crippen LogP contribution in [-0.2, 0) is 30.2 Å². The maximum atomic E-state index is 11.8. The number of esters is 1. The summed E-state index contributed by atoms with van der Waals surface area (Å²) in [5.74, 6) is -0.843. The summed E-state index contributed by atoms with van der Waals surface area (Å²) in [4.78, 5) is 23.6. The highest BCUT2D eigenvalue weighted by atomic mass is 16.5.